The van der Waals surface area contributed by atoms with E-state index < -0.39 is 5.41 Å². The number of aryl methyl sites for hydroxylation is 1. The van der Waals surface area contributed by atoms with E-state index in [0.29, 0.717) is 0 Å². The normalized spacial score (nSPS) is 13.4. The summed E-state index contributed by atoms with van der Waals surface area (Å²) in [6, 6.07) is 52.9. The molecule has 6 heteroatoms. The lowest BCUT2D eigenvalue weighted by molar-refractivity contribution is 0.462. The molecule has 10 rings (SSSR count). The maximum Gasteiger partial charge on any atom is 0.140 e. The van der Waals surface area contributed by atoms with Gasteiger partial charge in [-0.1, -0.05) is 98.8 Å². The van der Waals surface area contributed by atoms with Crippen molar-refractivity contribution in [2.75, 3.05) is 4.90 Å². The fraction of sp³-hybridized carbons (Fsp3) is 0.0870. The average Bonchev–Trinajstić information content (AvgIpc) is 3.70. The van der Waals surface area contributed by atoms with Crippen LogP contribution in [0.3, 0.4) is 0 Å². The number of rotatable bonds is 5. The van der Waals surface area contributed by atoms with Crippen LogP contribution in [0.15, 0.2) is 158 Å². The van der Waals surface area contributed by atoms with Crippen molar-refractivity contribution in [1.29, 1.82) is 0 Å². The molecule has 3 aromatic heterocycles. The third-order valence-electron chi connectivity index (χ3n) is 10.6. The summed E-state index contributed by atoms with van der Waals surface area (Å²) in [7, 11) is 2.07. The summed E-state index contributed by atoms with van der Waals surface area (Å²) >= 11 is 0. The number of anilines is 3. The van der Waals surface area contributed by atoms with Crippen molar-refractivity contribution in [2.24, 2.45) is 7.05 Å². The van der Waals surface area contributed by atoms with Gasteiger partial charge in [0.25, 0.3) is 0 Å². The van der Waals surface area contributed by atoms with Crippen LogP contribution in [0.2, 0.25) is 0 Å². The molecule has 0 fully saturated rings. The van der Waals surface area contributed by atoms with Crippen LogP contribution in [-0.2, 0) is 12.5 Å². The fourth-order valence-corrected chi connectivity index (χ4v) is 8.25. The molecule has 0 saturated carbocycles. The quantitative estimate of drug-likeness (QED) is 0.182. The molecule has 4 heterocycles. The van der Waals surface area contributed by atoms with E-state index in [4.69, 9.17) is 14.7 Å². The number of para-hydroxylation sites is 5. The van der Waals surface area contributed by atoms with E-state index in [2.05, 4.69) is 162 Å². The van der Waals surface area contributed by atoms with E-state index in [1.54, 1.807) is 0 Å². The second-order valence-corrected chi connectivity index (χ2v) is 14.0. The molecule has 0 saturated heterocycles. The highest BCUT2D eigenvalue weighted by Gasteiger charge is 2.42. The van der Waals surface area contributed by atoms with Gasteiger partial charge in [-0.25, -0.2) is 9.97 Å². The number of ether oxygens (including phenoxy) is 1. The third kappa shape index (κ3) is 4.44. The highest BCUT2D eigenvalue weighted by Crippen LogP contribution is 2.59. The molecule has 0 amide bonds. The Morgan fingerprint density at radius 2 is 1.40 bits per heavy atom. The molecule has 0 atom stereocenters. The largest absolute Gasteiger partial charge is 0.457 e. The number of hydrogen-bond donors (Lipinski definition) is 0. The molecular formula is C46H35N5O. The molecule has 0 spiro atoms. The minimum Gasteiger partial charge on any atom is -0.457 e. The number of benzene rings is 6. The summed E-state index contributed by atoms with van der Waals surface area (Å²) in [6.45, 7) is 4.64. The van der Waals surface area contributed by atoms with Gasteiger partial charge < -0.3 is 14.2 Å². The molecular weight excluding hydrogens is 639 g/mol. The number of nitrogens with zero attached hydrogens (tertiary/aromatic N) is 5. The van der Waals surface area contributed by atoms with Crippen molar-refractivity contribution in [1.82, 2.24) is 19.1 Å². The summed E-state index contributed by atoms with van der Waals surface area (Å²) in [5, 5.41) is 2.31. The summed E-state index contributed by atoms with van der Waals surface area (Å²) < 4.78 is 11.6. The number of pyridine rings is 1. The Morgan fingerprint density at radius 1 is 0.654 bits per heavy atom. The van der Waals surface area contributed by atoms with Crippen LogP contribution in [0.4, 0.5) is 17.1 Å². The van der Waals surface area contributed by atoms with Crippen molar-refractivity contribution < 1.29 is 4.74 Å². The van der Waals surface area contributed by atoms with Crippen molar-refractivity contribution >= 4 is 49.9 Å². The first-order valence-electron chi connectivity index (χ1n) is 17.7. The standard InChI is InChI=1S/C46H35N5O/c1-46(2)34-21-8-11-24-37(34)50(31-17-5-4-6-18-31)44-42-33-20-7-10-23-36(33)51(41-26-13-14-27-47-41)39(42)29-40(43(44)46)52-32-19-15-16-30(28-32)45-48-35-22-9-12-25-38(35)49(45)3/h4-29H,1-3H3. The molecule has 0 unspecified atom stereocenters. The maximum absolute atomic E-state index is 7.19. The van der Waals surface area contributed by atoms with E-state index in [-0.39, 0.29) is 0 Å². The van der Waals surface area contributed by atoms with Crippen LogP contribution in [0.5, 0.6) is 11.5 Å². The summed E-state index contributed by atoms with van der Waals surface area (Å²) in [5.74, 6) is 3.28. The van der Waals surface area contributed by atoms with Gasteiger partial charge in [0.2, 0.25) is 0 Å². The average molecular weight is 674 g/mol. The predicted molar refractivity (Wildman–Crippen MR) is 212 cm³/mol. The van der Waals surface area contributed by atoms with E-state index in [0.717, 1.165) is 84.2 Å². The lowest BCUT2D eigenvalue weighted by Gasteiger charge is -2.43. The van der Waals surface area contributed by atoms with Gasteiger partial charge in [-0.15, -0.1) is 0 Å². The number of imidazole rings is 1. The molecule has 0 radical (unpaired) electrons. The van der Waals surface area contributed by atoms with Crippen LogP contribution < -0.4 is 9.64 Å². The molecule has 0 N–H and O–H groups in total. The van der Waals surface area contributed by atoms with Gasteiger partial charge in [-0.05, 0) is 66.2 Å². The van der Waals surface area contributed by atoms with Gasteiger partial charge in [0.05, 0.1) is 33.4 Å². The Labute approximate surface area is 301 Å². The zero-order chi connectivity index (χ0) is 35.0. The van der Waals surface area contributed by atoms with E-state index in [1.807, 2.05) is 30.5 Å². The lowest BCUT2D eigenvalue weighted by Crippen LogP contribution is -2.31. The van der Waals surface area contributed by atoms with Crippen molar-refractivity contribution in [3.63, 3.8) is 0 Å². The Balaban J connectivity index is 1.29. The number of hydrogen-bond acceptors (Lipinski definition) is 4. The summed E-state index contributed by atoms with van der Waals surface area (Å²) in [6.07, 6.45) is 1.86. The molecule has 1 aliphatic rings. The minimum absolute atomic E-state index is 0.413. The Kier molecular flexibility index (Phi) is 6.64. The van der Waals surface area contributed by atoms with Crippen molar-refractivity contribution in [2.45, 2.75) is 19.3 Å². The number of aromatic nitrogens is 4. The second-order valence-electron chi connectivity index (χ2n) is 14.0. The highest BCUT2D eigenvalue weighted by atomic mass is 16.5. The monoisotopic (exact) mass is 673 g/mol. The lowest BCUT2D eigenvalue weighted by atomic mass is 9.72. The van der Waals surface area contributed by atoms with Crippen LogP contribution in [0.25, 0.3) is 50.0 Å². The van der Waals surface area contributed by atoms with Crippen molar-refractivity contribution in [3.05, 3.63) is 169 Å². The van der Waals surface area contributed by atoms with Gasteiger partial charge in [0.1, 0.15) is 23.1 Å². The summed E-state index contributed by atoms with van der Waals surface area (Å²) in [4.78, 5) is 12.3. The highest BCUT2D eigenvalue weighted by molar-refractivity contribution is 6.19. The van der Waals surface area contributed by atoms with Crippen LogP contribution in [0.1, 0.15) is 25.0 Å². The summed E-state index contributed by atoms with van der Waals surface area (Å²) in [5.41, 5.74) is 10.5. The van der Waals surface area contributed by atoms with Crippen LogP contribution in [0, 0.1) is 0 Å². The molecule has 1 aliphatic heterocycles. The fourth-order valence-electron chi connectivity index (χ4n) is 8.25. The maximum atomic E-state index is 7.19. The second kappa shape index (κ2) is 11.4. The number of fused-ring (bicyclic) bond motifs is 7. The minimum atomic E-state index is -0.413. The van der Waals surface area contributed by atoms with E-state index in [9.17, 15) is 0 Å². The van der Waals surface area contributed by atoms with Crippen molar-refractivity contribution in [3.8, 4) is 28.7 Å². The smallest absolute Gasteiger partial charge is 0.140 e. The van der Waals surface area contributed by atoms with E-state index in [1.165, 1.54) is 5.56 Å². The van der Waals surface area contributed by atoms with Gasteiger partial charge >= 0.3 is 0 Å². The van der Waals surface area contributed by atoms with Gasteiger partial charge in [0, 0.05) is 52.3 Å². The third-order valence-corrected chi connectivity index (χ3v) is 10.6. The Bertz CT molecular complexity index is 2820. The SMILES string of the molecule is Cn1c(-c2cccc(Oc3cc4c(c5c3C(C)(C)c3ccccc3N5c3ccccc3)c3ccccc3n4-c3ccccn3)c2)nc2ccccc21. The van der Waals surface area contributed by atoms with Gasteiger partial charge in [-0.3, -0.25) is 4.57 Å². The topological polar surface area (TPSA) is 48.1 Å². The van der Waals surface area contributed by atoms with Crippen LogP contribution >= 0.6 is 0 Å². The molecule has 0 aliphatic carbocycles. The van der Waals surface area contributed by atoms with Gasteiger partial charge in [0.15, 0.2) is 0 Å². The predicted octanol–water partition coefficient (Wildman–Crippen LogP) is 11.6. The molecule has 6 nitrogen and oxygen atoms in total. The molecule has 52 heavy (non-hydrogen) atoms. The Morgan fingerprint density at radius 3 is 2.23 bits per heavy atom. The molecule has 0 bridgehead atoms. The van der Waals surface area contributed by atoms with Gasteiger partial charge in [-0.2, -0.15) is 0 Å². The first-order chi connectivity index (χ1) is 25.5. The zero-order valence-electron chi connectivity index (χ0n) is 29.2. The Hall–Kier alpha value is -6.66. The first kappa shape index (κ1) is 30.2. The molecule has 6 aromatic carbocycles. The first-order valence-corrected chi connectivity index (χ1v) is 17.7. The molecule has 250 valence electrons. The molecule has 9 aromatic rings. The van der Waals surface area contributed by atoms with Crippen LogP contribution in [-0.4, -0.2) is 19.1 Å². The van der Waals surface area contributed by atoms with E-state index >= 15 is 0 Å². The zero-order valence-corrected chi connectivity index (χ0v) is 29.2.